The average molecular weight is 214 g/mol. The third-order valence-corrected chi connectivity index (χ3v) is 1.77. The molecule has 2 rings (SSSR count). The van der Waals surface area contributed by atoms with Gasteiger partial charge in [0.25, 0.3) is 5.95 Å². The molecule has 0 bridgehead atoms. The number of nitrogens with two attached hydrogens (primary N) is 2. The number of rotatable bonds is 2. The second-order valence-corrected chi connectivity index (χ2v) is 3.05. The lowest BCUT2D eigenvalue weighted by molar-refractivity contribution is 1.08. The van der Waals surface area contributed by atoms with E-state index in [9.17, 15) is 0 Å². The number of azo groups is 1. The van der Waals surface area contributed by atoms with Crippen molar-refractivity contribution >= 4 is 23.3 Å². The minimum absolute atomic E-state index is 0.154. The van der Waals surface area contributed by atoms with E-state index in [1.165, 1.54) is 6.07 Å². The van der Waals surface area contributed by atoms with Crippen molar-refractivity contribution < 1.29 is 0 Å². The molecule has 2 aromatic rings. The van der Waals surface area contributed by atoms with Gasteiger partial charge in [0, 0.05) is 6.07 Å². The molecule has 6 heteroatoms. The van der Waals surface area contributed by atoms with E-state index in [0.29, 0.717) is 5.69 Å². The first-order valence-electron chi connectivity index (χ1n) is 4.61. The molecule has 16 heavy (non-hydrogen) atoms. The summed E-state index contributed by atoms with van der Waals surface area (Å²) in [5.41, 5.74) is 11.7. The molecule has 1 heterocycles. The maximum Gasteiger partial charge on any atom is 0.272 e. The van der Waals surface area contributed by atoms with Crippen molar-refractivity contribution in [2.24, 2.45) is 10.2 Å². The second-order valence-electron chi connectivity index (χ2n) is 3.05. The minimum Gasteiger partial charge on any atom is -0.383 e. The molecule has 0 spiro atoms. The van der Waals surface area contributed by atoms with Crippen LogP contribution in [0.3, 0.4) is 0 Å². The van der Waals surface area contributed by atoms with Crippen molar-refractivity contribution in [3.05, 3.63) is 36.4 Å². The molecule has 0 saturated heterocycles. The van der Waals surface area contributed by atoms with E-state index in [1.807, 2.05) is 30.3 Å². The minimum atomic E-state index is 0.154. The summed E-state index contributed by atoms with van der Waals surface area (Å²) >= 11 is 0. The largest absolute Gasteiger partial charge is 0.383 e. The molecule has 0 fully saturated rings. The van der Waals surface area contributed by atoms with Crippen LogP contribution in [0.15, 0.2) is 46.6 Å². The zero-order chi connectivity index (χ0) is 11.4. The van der Waals surface area contributed by atoms with Gasteiger partial charge < -0.3 is 11.5 Å². The molecule has 0 unspecified atom stereocenters. The smallest absolute Gasteiger partial charge is 0.272 e. The van der Waals surface area contributed by atoms with Gasteiger partial charge in [0.05, 0.1) is 5.69 Å². The van der Waals surface area contributed by atoms with E-state index >= 15 is 0 Å². The van der Waals surface area contributed by atoms with Gasteiger partial charge in [-0.25, -0.2) is 0 Å². The van der Waals surface area contributed by atoms with Crippen molar-refractivity contribution in [3.8, 4) is 0 Å². The Kier molecular flexibility index (Phi) is 2.73. The van der Waals surface area contributed by atoms with Crippen molar-refractivity contribution in [1.82, 2.24) is 9.97 Å². The maximum atomic E-state index is 5.50. The van der Waals surface area contributed by atoms with Crippen LogP contribution >= 0.6 is 0 Å². The van der Waals surface area contributed by atoms with Gasteiger partial charge in [-0.15, -0.1) is 10.2 Å². The zero-order valence-electron chi connectivity index (χ0n) is 8.41. The molecule has 4 N–H and O–H groups in total. The molecule has 1 aromatic carbocycles. The molecule has 0 aliphatic carbocycles. The van der Waals surface area contributed by atoms with Crippen molar-refractivity contribution in [1.29, 1.82) is 0 Å². The van der Waals surface area contributed by atoms with Crippen molar-refractivity contribution in [3.63, 3.8) is 0 Å². The predicted octanol–water partition coefficient (Wildman–Crippen LogP) is 2.06. The molecular weight excluding hydrogens is 204 g/mol. The lowest BCUT2D eigenvalue weighted by atomic mass is 10.3. The van der Waals surface area contributed by atoms with Gasteiger partial charge in [-0.1, -0.05) is 18.2 Å². The topological polar surface area (TPSA) is 103 Å². The molecule has 0 atom stereocenters. The number of nitrogen functional groups attached to an aromatic ring is 2. The summed E-state index contributed by atoms with van der Waals surface area (Å²) < 4.78 is 0. The van der Waals surface area contributed by atoms with Gasteiger partial charge in [0.1, 0.15) is 11.6 Å². The molecule has 0 amide bonds. The summed E-state index contributed by atoms with van der Waals surface area (Å²) in [6.07, 6.45) is 0. The number of hydrogen-bond acceptors (Lipinski definition) is 6. The van der Waals surface area contributed by atoms with Crippen LogP contribution in [0.5, 0.6) is 0 Å². The number of anilines is 2. The fourth-order valence-electron chi connectivity index (χ4n) is 1.11. The number of hydrogen-bond donors (Lipinski definition) is 2. The maximum absolute atomic E-state index is 5.50. The van der Waals surface area contributed by atoms with E-state index in [0.717, 1.165) is 0 Å². The van der Waals surface area contributed by atoms with Crippen LogP contribution in [0, 0.1) is 0 Å². The Hall–Kier alpha value is -2.50. The quantitative estimate of drug-likeness (QED) is 0.746. The van der Waals surface area contributed by atoms with Crippen molar-refractivity contribution in [2.75, 3.05) is 11.5 Å². The highest BCUT2D eigenvalue weighted by Gasteiger charge is 1.97. The van der Waals surface area contributed by atoms with Crippen LogP contribution in [-0.4, -0.2) is 9.97 Å². The normalized spacial score (nSPS) is 10.8. The number of aromatic nitrogens is 2. The van der Waals surface area contributed by atoms with Gasteiger partial charge in [-0.3, -0.25) is 0 Å². The third-order valence-electron chi connectivity index (χ3n) is 1.77. The van der Waals surface area contributed by atoms with Crippen LogP contribution in [0.25, 0.3) is 0 Å². The molecule has 1 aromatic heterocycles. The summed E-state index contributed by atoms with van der Waals surface area (Å²) in [6.45, 7) is 0. The number of nitrogens with zero attached hydrogens (tertiary/aromatic N) is 4. The summed E-state index contributed by atoms with van der Waals surface area (Å²) in [7, 11) is 0. The van der Waals surface area contributed by atoms with Crippen LogP contribution in [-0.2, 0) is 0 Å². The highest BCUT2D eigenvalue weighted by molar-refractivity contribution is 5.45. The first-order valence-corrected chi connectivity index (χ1v) is 4.61. The molecule has 80 valence electrons. The van der Waals surface area contributed by atoms with Crippen LogP contribution in [0.2, 0.25) is 0 Å². The Morgan fingerprint density at radius 1 is 0.875 bits per heavy atom. The van der Waals surface area contributed by atoms with E-state index in [-0.39, 0.29) is 17.6 Å². The van der Waals surface area contributed by atoms with Gasteiger partial charge in [0.15, 0.2) is 0 Å². The summed E-state index contributed by atoms with van der Waals surface area (Å²) in [5.74, 6) is 0.699. The molecule has 0 radical (unpaired) electrons. The van der Waals surface area contributed by atoms with E-state index < -0.39 is 0 Å². The standard InChI is InChI=1S/C10H10N6/c11-8-6-9(12)14-10(13-8)16-15-7-4-2-1-3-5-7/h1-6H,(H4,11,12,13,14). The SMILES string of the molecule is Nc1cc(N)nc(N=Nc2ccccc2)n1. The molecular formula is C10H10N6. The monoisotopic (exact) mass is 214 g/mol. The molecule has 0 aliphatic heterocycles. The van der Waals surface area contributed by atoms with Gasteiger partial charge in [-0.2, -0.15) is 9.97 Å². The summed E-state index contributed by atoms with van der Waals surface area (Å²) in [5, 5.41) is 7.79. The second kappa shape index (κ2) is 4.35. The van der Waals surface area contributed by atoms with Crippen LogP contribution < -0.4 is 11.5 Å². The Balaban J connectivity index is 2.24. The van der Waals surface area contributed by atoms with Gasteiger partial charge in [-0.05, 0) is 12.1 Å². The van der Waals surface area contributed by atoms with E-state index in [4.69, 9.17) is 11.5 Å². The third kappa shape index (κ3) is 2.50. The predicted molar refractivity (Wildman–Crippen MR) is 61.5 cm³/mol. The van der Waals surface area contributed by atoms with E-state index in [2.05, 4.69) is 20.2 Å². The van der Waals surface area contributed by atoms with Crippen molar-refractivity contribution in [2.45, 2.75) is 0 Å². The van der Waals surface area contributed by atoms with Gasteiger partial charge in [0.2, 0.25) is 0 Å². The lowest BCUT2D eigenvalue weighted by Gasteiger charge is -1.96. The Morgan fingerprint density at radius 2 is 1.50 bits per heavy atom. The number of benzene rings is 1. The van der Waals surface area contributed by atoms with Gasteiger partial charge >= 0.3 is 0 Å². The zero-order valence-corrected chi connectivity index (χ0v) is 8.41. The first-order chi connectivity index (χ1) is 7.74. The molecule has 0 saturated carbocycles. The average Bonchev–Trinajstić information content (AvgIpc) is 2.27. The Labute approximate surface area is 92.1 Å². The molecule has 0 aliphatic rings. The summed E-state index contributed by atoms with van der Waals surface area (Å²) in [6, 6.07) is 10.7. The van der Waals surface area contributed by atoms with E-state index in [1.54, 1.807) is 0 Å². The fraction of sp³-hybridized carbons (Fsp3) is 0. The summed E-state index contributed by atoms with van der Waals surface area (Å²) in [4.78, 5) is 7.75. The lowest BCUT2D eigenvalue weighted by Crippen LogP contribution is -1.96. The van der Waals surface area contributed by atoms with Crippen LogP contribution in [0.4, 0.5) is 23.3 Å². The fourth-order valence-corrected chi connectivity index (χ4v) is 1.11. The highest BCUT2D eigenvalue weighted by atomic mass is 15.2. The Bertz CT molecular complexity index is 488. The first kappa shape index (κ1) is 10.0. The van der Waals surface area contributed by atoms with Crippen LogP contribution in [0.1, 0.15) is 0 Å². The highest BCUT2D eigenvalue weighted by Crippen LogP contribution is 2.16. The Morgan fingerprint density at radius 3 is 2.12 bits per heavy atom. The molecule has 6 nitrogen and oxygen atoms in total.